The molecule has 1 heteroatoms. The van der Waals surface area contributed by atoms with Crippen LogP contribution in [0.2, 0.25) is 0 Å². The molecule has 0 aromatic heterocycles. The molecule has 0 saturated carbocycles. The quantitative estimate of drug-likeness (QED) is 0.556. The van der Waals surface area contributed by atoms with Gasteiger partial charge in [0.25, 0.3) is 0 Å². The predicted octanol–water partition coefficient (Wildman–Crippen LogP) is 2.93. The lowest BCUT2D eigenvalue weighted by Gasteiger charge is -2.16. The summed E-state index contributed by atoms with van der Waals surface area (Å²) in [5.74, 6) is 1.30. The van der Waals surface area contributed by atoms with Crippen LogP contribution in [0.5, 0.6) is 0 Å². The monoisotopic (exact) mass is 132 g/mol. The summed E-state index contributed by atoms with van der Waals surface area (Å²) in [6, 6.07) is 0. The van der Waals surface area contributed by atoms with Gasteiger partial charge in [0.15, 0.2) is 0 Å². The highest BCUT2D eigenvalue weighted by molar-refractivity contribution is 8.00. The van der Waals surface area contributed by atoms with Crippen molar-refractivity contribution in [2.75, 3.05) is 5.75 Å². The Morgan fingerprint density at radius 2 is 1.75 bits per heavy atom. The van der Waals surface area contributed by atoms with Crippen LogP contribution < -0.4 is 0 Å². The van der Waals surface area contributed by atoms with Crippen molar-refractivity contribution in [3.05, 3.63) is 0 Å². The molecule has 8 heavy (non-hydrogen) atoms. The van der Waals surface area contributed by atoms with Crippen molar-refractivity contribution in [3.63, 3.8) is 0 Å². The number of hydrogen-bond donors (Lipinski definition) is 0. The summed E-state index contributed by atoms with van der Waals surface area (Å²) in [7, 11) is 0. The fourth-order valence-electron chi connectivity index (χ4n) is 0.408. The fraction of sp³-hybridized carbons (Fsp3) is 1.00. The Kier molecular flexibility index (Phi) is 3.54. The van der Waals surface area contributed by atoms with Crippen molar-refractivity contribution in [3.8, 4) is 0 Å². The zero-order valence-electron chi connectivity index (χ0n) is 6.32. The minimum absolute atomic E-state index is 0.468. The van der Waals surface area contributed by atoms with Crippen molar-refractivity contribution in [1.29, 1.82) is 0 Å². The lowest BCUT2D eigenvalue weighted by molar-refractivity contribution is 0.800. The van der Waals surface area contributed by atoms with Gasteiger partial charge in [0.05, 0.1) is 0 Å². The van der Waals surface area contributed by atoms with Crippen LogP contribution in [0.4, 0.5) is 0 Å². The molecule has 0 aliphatic carbocycles. The first-order valence-corrected chi connectivity index (χ1v) is 4.19. The van der Waals surface area contributed by atoms with E-state index >= 15 is 0 Å². The number of rotatable bonds is 2. The van der Waals surface area contributed by atoms with E-state index in [2.05, 4.69) is 27.7 Å². The predicted molar refractivity (Wildman–Crippen MR) is 42.5 cm³/mol. The molecule has 0 saturated heterocycles. The average Bonchev–Trinajstić information content (AvgIpc) is 1.59. The zero-order chi connectivity index (χ0) is 6.62. The zero-order valence-corrected chi connectivity index (χ0v) is 7.14. The summed E-state index contributed by atoms with van der Waals surface area (Å²) >= 11 is 2.03. The first kappa shape index (κ1) is 8.35. The van der Waals surface area contributed by atoms with Gasteiger partial charge >= 0.3 is 0 Å². The van der Waals surface area contributed by atoms with Gasteiger partial charge in [-0.3, -0.25) is 0 Å². The second-order valence-corrected chi connectivity index (χ2v) is 4.88. The van der Waals surface area contributed by atoms with Gasteiger partial charge < -0.3 is 0 Å². The number of thioether (sulfide) groups is 1. The molecule has 0 spiro atoms. The molecule has 50 valence electrons. The Hall–Kier alpha value is 0.350. The van der Waals surface area contributed by atoms with E-state index < -0.39 is 0 Å². The minimum Gasteiger partial charge on any atom is -0.156 e. The first-order chi connectivity index (χ1) is 3.56. The van der Waals surface area contributed by atoms with E-state index in [1.165, 1.54) is 12.2 Å². The number of hydrogen-bond acceptors (Lipinski definition) is 1. The Morgan fingerprint density at radius 3 is 1.88 bits per heavy atom. The van der Waals surface area contributed by atoms with Crippen molar-refractivity contribution in [2.24, 2.45) is 0 Å². The summed E-state index contributed by atoms with van der Waals surface area (Å²) in [6.07, 6.45) is 1.29. The molecule has 0 aliphatic rings. The van der Waals surface area contributed by atoms with Crippen LogP contribution in [0.25, 0.3) is 0 Å². The van der Waals surface area contributed by atoms with Crippen LogP contribution in [0.1, 0.15) is 34.1 Å². The van der Waals surface area contributed by atoms with Crippen LogP contribution in [-0.2, 0) is 0 Å². The van der Waals surface area contributed by atoms with Crippen molar-refractivity contribution >= 4 is 11.8 Å². The Labute approximate surface area is 57.1 Å². The van der Waals surface area contributed by atoms with E-state index in [9.17, 15) is 0 Å². The van der Waals surface area contributed by atoms with E-state index in [1.54, 1.807) is 0 Å². The maximum absolute atomic E-state index is 2.26. The summed E-state index contributed by atoms with van der Waals surface area (Å²) < 4.78 is 0.468. The minimum atomic E-state index is 0.468. The van der Waals surface area contributed by atoms with Crippen molar-refractivity contribution in [2.45, 2.75) is 38.9 Å². The fourth-order valence-corrected chi connectivity index (χ4v) is 1.22. The highest BCUT2D eigenvalue weighted by atomic mass is 32.2. The van der Waals surface area contributed by atoms with E-state index in [0.29, 0.717) is 4.75 Å². The van der Waals surface area contributed by atoms with Gasteiger partial charge in [-0.1, -0.05) is 27.7 Å². The lowest BCUT2D eigenvalue weighted by Crippen LogP contribution is -2.07. The molecule has 0 fully saturated rings. The van der Waals surface area contributed by atoms with Gasteiger partial charge in [-0.25, -0.2) is 0 Å². The molecular weight excluding hydrogens is 116 g/mol. The van der Waals surface area contributed by atoms with Crippen LogP contribution in [-0.4, -0.2) is 10.5 Å². The largest absolute Gasteiger partial charge is 0.156 e. The summed E-state index contributed by atoms with van der Waals surface area (Å²) in [5, 5.41) is 0. The van der Waals surface area contributed by atoms with E-state index in [4.69, 9.17) is 0 Å². The highest BCUT2D eigenvalue weighted by Crippen LogP contribution is 2.23. The molecule has 0 aromatic carbocycles. The Bertz CT molecular complexity index is 51.9. The Balaban J connectivity index is 3.11. The molecule has 0 radical (unpaired) electrons. The van der Waals surface area contributed by atoms with Gasteiger partial charge in [-0.05, 0) is 12.2 Å². The molecule has 0 aromatic rings. The molecule has 0 heterocycles. The third-order valence-electron chi connectivity index (χ3n) is 0.739. The SMILES string of the molecule is CCCSC(C)(C)C. The molecule has 0 nitrogen and oxygen atoms in total. The van der Waals surface area contributed by atoms with Gasteiger partial charge in [0.1, 0.15) is 0 Å². The molecule has 0 rings (SSSR count). The molecule has 0 N–H and O–H groups in total. The van der Waals surface area contributed by atoms with Crippen molar-refractivity contribution < 1.29 is 0 Å². The van der Waals surface area contributed by atoms with Crippen LogP contribution >= 0.6 is 11.8 Å². The molecule has 0 unspecified atom stereocenters. The standard InChI is InChI=1S/C7H16S/c1-5-6-8-7(2,3)4/h5-6H2,1-4H3. The normalized spacial score (nSPS) is 12.0. The topological polar surface area (TPSA) is 0 Å². The first-order valence-electron chi connectivity index (χ1n) is 3.20. The highest BCUT2D eigenvalue weighted by Gasteiger charge is 2.07. The van der Waals surface area contributed by atoms with Crippen LogP contribution in [0.15, 0.2) is 0 Å². The summed E-state index contributed by atoms with van der Waals surface area (Å²) in [6.45, 7) is 8.99. The van der Waals surface area contributed by atoms with E-state index in [1.807, 2.05) is 11.8 Å². The second kappa shape index (κ2) is 3.39. The average molecular weight is 132 g/mol. The lowest BCUT2D eigenvalue weighted by atomic mass is 10.3. The molecular formula is C7H16S. The second-order valence-electron chi connectivity index (χ2n) is 2.96. The molecule has 0 amide bonds. The maximum Gasteiger partial charge on any atom is 0.00750 e. The molecule has 0 atom stereocenters. The van der Waals surface area contributed by atoms with Gasteiger partial charge in [-0.15, -0.1) is 0 Å². The molecule has 0 bridgehead atoms. The summed E-state index contributed by atoms with van der Waals surface area (Å²) in [4.78, 5) is 0. The maximum atomic E-state index is 2.26. The van der Waals surface area contributed by atoms with E-state index in [-0.39, 0.29) is 0 Å². The van der Waals surface area contributed by atoms with Gasteiger partial charge in [0, 0.05) is 4.75 Å². The van der Waals surface area contributed by atoms with Gasteiger partial charge in [0.2, 0.25) is 0 Å². The summed E-state index contributed by atoms with van der Waals surface area (Å²) in [5.41, 5.74) is 0. The van der Waals surface area contributed by atoms with Crippen LogP contribution in [0.3, 0.4) is 0 Å². The van der Waals surface area contributed by atoms with Crippen LogP contribution in [0, 0.1) is 0 Å². The molecule has 0 aliphatic heterocycles. The van der Waals surface area contributed by atoms with Crippen molar-refractivity contribution in [1.82, 2.24) is 0 Å². The third-order valence-corrected chi connectivity index (χ3v) is 2.22. The smallest absolute Gasteiger partial charge is 0.00750 e. The third kappa shape index (κ3) is 6.35. The Morgan fingerprint density at radius 1 is 1.25 bits per heavy atom. The van der Waals surface area contributed by atoms with Gasteiger partial charge in [-0.2, -0.15) is 11.8 Å². The van der Waals surface area contributed by atoms with E-state index in [0.717, 1.165) is 0 Å².